The smallest absolute Gasteiger partial charge is 0.128 e. The maximum absolute atomic E-state index is 8.55. The Balaban J connectivity index is 3.21. The van der Waals surface area contributed by atoms with Gasteiger partial charge in [0.1, 0.15) is 5.75 Å². The second-order valence-electron chi connectivity index (χ2n) is 2.88. The molecule has 0 aliphatic carbocycles. The van der Waals surface area contributed by atoms with Gasteiger partial charge in [-0.3, -0.25) is 4.98 Å². The third kappa shape index (κ3) is 1.78. The number of methoxy groups -OCH3 is 1. The zero-order valence-electron chi connectivity index (χ0n) is 8.09. The SMILES string of the molecule is COc1c(C)cnc(CC#N)c1C. The van der Waals surface area contributed by atoms with Crippen molar-refractivity contribution < 1.29 is 4.74 Å². The third-order valence-electron chi connectivity index (χ3n) is 2.00. The fourth-order valence-corrected chi connectivity index (χ4v) is 1.32. The molecular formula is C10H12N2O. The molecule has 3 nitrogen and oxygen atoms in total. The topological polar surface area (TPSA) is 45.9 Å². The number of ether oxygens (including phenoxy) is 1. The Morgan fingerprint density at radius 2 is 2.23 bits per heavy atom. The highest BCUT2D eigenvalue weighted by Gasteiger charge is 2.08. The van der Waals surface area contributed by atoms with Crippen molar-refractivity contribution >= 4 is 0 Å². The first-order valence-electron chi connectivity index (χ1n) is 4.06. The Bertz CT molecular complexity index is 353. The second-order valence-corrected chi connectivity index (χ2v) is 2.88. The normalized spacial score (nSPS) is 9.38. The van der Waals surface area contributed by atoms with E-state index in [4.69, 9.17) is 10.00 Å². The van der Waals surface area contributed by atoms with E-state index in [-0.39, 0.29) is 0 Å². The second kappa shape index (κ2) is 3.90. The van der Waals surface area contributed by atoms with E-state index in [1.54, 1.807) is 13.3 Å². The molecule has 1 rings (SSSR count). The number of rotatable bonds is 2. The van der Waals surface area contributed by atoms with Crippen molar-refractivity contribution in [2.24, 2.45) is 0 Å². The molecule has 0 N–H and O–H groups in total. The molecule has 0 saturated heterocycles. The number of nitrogens with zero attached hydrogens (tertiary/aromatic N) is 2. The summed E-state index contributed by atoms with van der Waals surface area (Å²) >= 11 is 0. The molecule has 3 heteroatoms. The Kier molecular flexibility index (Phi) is 2.86. The Hall–Kier alpha value is -1.56. The van der Waals surface area contributed by atoms with Gasteiger partial charge in [-0.05, 0) is 13.8 Å². The summed E-state index contributed by atoms with van der Waals surface area (Å²) < 4.78 is 5.21. The molecule has 1 heterocycles. The first-order chi connectivity index (χ1) is 6.20. The molecule has 0 saturated carbocycles. The fraction of sp³-hybridized carbons (Fsp3) is 0.400. The van der Waals surface area contributed by atoms with E-state index in [2.05, 4.69) is 11.1 Å². The van der Waals surface area contributed by atoms with E-state index in [1.807, 2.05) is 13.8 Å². The Labute approximate surface area is 78.0 Å². The maximum atomic E-state index is 8.55. The summed E-state index contributed by atoms with van der Waals surface area (Å²) in [4.78, 5) is 4.17. The van der Waals surface area contributed by atoms with E-state index < -0.39 is 0 Å². The van der Waals surface area contributed by atoms with E-state index in [1.165, 1.54) is 0 Å². The predicted molar refractivity (Wildman–Crippen MR) is 49.6 cm³/mol. The zero-order valence-corrected chi connectivity index (χ0v) is 8.09. The molecule has 0 atom stereocenters. The van der Waals surface area contributed by atoms with Crippen molar-refractivity contribution in [1.82, 2.24) is 4.98 Å². The van der Waals surface area contributed by atoms with Gasteiger partial charge in [-0.1, -0.05) is 0 Å². The van der Waals surface area contributed by atoms with Crippen LogP contribution in [0, 0.1) is 25.2 Å². The Morgan fingerprint density at radius 3 is 2.77 bits per heavy atom. The van der Waals surface area contributed by atoms with Crippen molar-refractivity contribution in [3.63, 3.8) is 0 Å². The summed E-state index contributed by atoms with van der Waals surface area (Å²) in [6.45, 7) is 3.86. The van der Waals surface area contributed by atoms with Gasteiger partial charge in [0.2, 0.25) is 0 Å². The molecule has 68 valence electrons. The van der Waals surface area contributed by atoms with E-state index in [9.17, 15) is 0 Å². The maximum Gasteiger partial charge on any atom is 0.128 e. The van der Waals surface area contributed by atoms with Crippen LogP contribution in [0.1, 0.15) is 16.8 Å². The number of pyridine rings is 1. The van der Waals surface area contributed by atoms with Gasteiger partial charge in [-0.25, -0.2) is 0 Å². The number of hydrogen-bond acceptors (Lipinski definition) is 3. The van der Waals surface area contributed by atoms with E-state index in [0.717, 1.165) is 22.6 Å². The minimum absolute atomic E-state index is 0.336. The van der Waals surface area contributed by atoms with Crippen LogP contribution in [0.4, 0.5) is 0 Å². The lowest BCUT2D eigenvalue weighted by atomic mass is 10.1. The molecule has 0 spiro atoms. The fourth-order valence-electron chi connectivity index (χ4n) is 1.32. The lowest BCUT2D eigenvalue weighted by Crippen LogP contribution is -1.98. The quantitative estimate of drug-likeness (QED) is 0.689. The number of hydrogen-bond donors (Lipinski definition) is 0. The van der Waals surface area contributed by atoms with Crippen molar-refractivity contribution in [1.29, 1.82) is 5.26 Å². The molecule has 0 fully saturated rings. The lowest BCUT2D eigenvalue weighted by Gasteiger charge is -2.09. The average molecular weight is 176 g/mol. The van der Waals surface area contributed by atoms with Crippen LogP contribution in [-0.2, 0) is 6.42 Å². The average Bonchev–Trinajstić information content (AvgIpc) is 2.11. The van der Waals surface area contributed by atoms with E-state index in [0.29, 0.717) is 6.42 Å². The predicted octanol–water partition coefficient (Wildman–Crippen LogP) is 1.77. The Morgan fingerprint density at radius 1 is 1.54 bits per heavy atom. The van der Waals surface area contributed by atoms with Crippen LogP contribution >= 0.6 is 0 Å². The lowest BCUT2D eigenvalue weighted by molar-refractivity contribution is 0.407. The molecule has 0 aliphatic rings. The van der Waals surface area contributed by atoms with Gasteiger partial charge in [0, 0.05) is 17.3 Å². The van der Waals surface area contributed by atoms with Crippen molar-refractivity contribution in [2.75, 3.05) is 7.11 Å². The van der Waals surface area contributed by atoms with Crippen molar-refractivity contribution in [3.05, 3.63) is 23.0 Å². The minimum atomic E-state index is 0.336. The summed E-state index contributed by atoms with van der Waals surface area (Å²) in [7, 11) is 1.63. The van der Waals surface area contributed by atoms with E-state index >= 15 is 0 Å². The summed E-state index contributed by atoms with van der Waals surface area (Å²) in [6.07, 6.45) is 2.07. The number of aryl methyl sites for hydroxylation is 1. The summed E-state index contributed by atoms with van der Waals surface area (Å²) in [5, 5.41) is 8.55. The van der Waals surface area contributed by atoms with Gasteiger partial charge in [-0.2, -0.15) is 5.26 Å². The summed E-state index contributed by atoms with van der Waals surface area (Å²) in [5.74, 6) is 0.834. The highest BCUT2D eigenvalue weighted by Crippen LogP contribution is 2.23. The third-order valence-corrected chi connectivity index (χ3v) is 2.00. The summed E-state index contributed by atoms with van der Waals surface area (Å²) in [6, 6.07) is 2.08. The molecule has 0 amide bonds. The molecule has 0 unspecified atom stereocenters. The molecule has 13 heavy (non-hydrogen) atoms. The first kappa shape index (κ1) is 9.53. The molecule has 0 aliphatic heterocycles. The molecule has 1 aromatic heterocycles. The minimum Gasteiger partial charge on any atom is -0.496 e. The van der Waals surface area contributed by atoms with Gasteiger partial charge in [-0.15, -0.1) is 0 Å². The van der Waals surface area contributed by atoms with Crippen molar-refractivity contribution in [3.8, 4) is 11.8 Å². The number of aromatic nitrogens is 1. The van der Waals surface area contributed by atoms with Crippen LogP contribution in [0.15, 0.2) is 6.20 Å². The molecule has 1 aromatic rings. The molecule has 0 bridgehead atoms. The number of nitriles is 1. The van der Waals surface area contributed by atoms with Gasteiger partial charge in [0.05, 0.1) is 25.3 Å². The first-order valence-corrected chi connectivity index (χ1v) is 4.06. The van der Waals surface area contributed by atoms with Crippen LogP contribution in [0.3, 0.4) is 0 Å². The summed E-state index contributed by atoms with van der Waals surface area (Å²) in [5.41, 5.74) is 2.76. The molecule has 0 radical (unpaired) electrons. The molecular weight excluding hydrogens is 164 g/mol. The van der Waals surface area contributed by atoms with Crippen LogP contribution in [0.5, 0.6) is 5.75 Å². The molecule has 0 aromatic carbocycles. The van der Waals surface area contributed by atoms with Crippen LogP contribution < -0.4 is 4.74 Å². The van der Waals surface area contributed by atoms with Crippen LogP contribution in [0.2, 0.25) is 0 Å². The van der Waals surface area contributed by atoms with Gasteiger partial charge >= 0.3 is 0 Å². The standard InChI is InChI=1S/C10H12N2O/c1-7-6-12-9(4-5-11)8(2)10(7)13-3/h6H,4H2,1-3H3. The van der Waals surface area contributed by atoms with Crippen LogP contribution in [0.25, 0.3) is 0 Å². The monoisotopic (exact) mass is 176 g/mol. The zero-order chi connectivity index (χ0) is 9.84. The van der Waals surface area contributed by atoms with Crippen LogP contribution in [-0.4, -0.2) is 12.1 Å². The van der Waals surface area contributed by atoms with Crippen molar-refractivity contribution in [2.45, 2.75) is 20.3 Å². The highest BCUT2D eigenvalue weighted by atomic mass is 16.5. The van der Waals surface area contributed by atoms with Gasteiger partial charge in [0.15, 0.2) is 0 Å². The van der Waals surface area contributed by atoms with Gasteiger partial charge < -0.3 is 4.74 Å². The highest BCUT2D eigenvalue weighted by molar-refractivity contribution is 5.41. The largest absolute Gasteiger partial charge is 0.496 e. The van der Waals surface area contributed by atoms with Gasteiger partial charge in [0.25, 0.3) is 0 Å².